The van der Waals surface area contributed by atoms with Crippen LogP contribution in [0.5, 0.6) is 0 Å². The fraction of sp³-hybridized carbons (Fsp3) is 0.960. The van der Waals surface area contributed by atoms with Gasteiger partial charge >= 0.3 is 0 Å². The van der Waals surface area contributed by atoms with Gasteiger partial charge in [-0.2, -0.15) is 0 Å². The van der Waals surface area contributed by atoms with Crippen molar-refractivity contribution in [3.8, 4) is 0 Å². The zero-order chi connectivity index (χ0) is 24.1. The van der Waals surface area contributed by atoms with Crippen LogP contribution in [0.25, 0.3) is 0 Å². The highest BCUT2D eigenvalue weighted by atomic mass is 32.2. The maximum atomic E-state index is 12.0. The average Bonchev–Trinajstić information content (AvgIpc) is 2.71. The van der Waals surface area contributed by atoms with Crippen LogP contribution in [0.4, 0.5) is 0 Å². The smallest absolute Gasteiger partial charge is 0.219 e. The second kappa shape index (κ2) is 19.8. The van der Waals surface area contributed by atoms with Crippen LogP contribution in [-0.4, -0.2) is 62.8 Å². The highest BCUT2D eigenvalue weighted by molar-refractivity contribution is 7.85. The van der Waals surface area contributed by atoms with Crippen molar-refractivity contribution in [2.45, 2.75) is 116 Å². The Labute approximate surface area is 199 Å². The SMILES string of the molecule is CCCCCCCCCCCCCCCC(=O)NCCC[N+](C)(C)CCCCS(=O)(=O)[O-]. The van der Waals surface area contributed by atoms with Crippen molar-refractivity contribution in [2.75, 3.05) is 39.5 Å². The molecule has 0 aliphatic rings. The number of nitrogens with zero attached hydrogens (tertiary/aromatic N) is 1. The van der Waals surface area contributed by atoms with Crippen LogP contribution in [-0.2, 0) is 14.9 Å². The maximum absolute atomic E-state index is 12.0. The number of carbonyl (C=O) groups excluding carboxylic acids is 1. The predicted octanol–water partition coefficient (Wildman–Crippen LogP) is 5.38. The molecule has 1 N–H and O–H groups in total. The second-order valence-electron chi connectivity index (χ2n) is 10.0. The summed E-state index contributed by atoms with van der Waals surface area (Å²) in [5.74, 6) is -0.124. The minimum absolute atomic E-state index is 0.152. The number of unbranched alkanes of at least 4 members (excludes halogenated alkanes) is 13. The van der Waals surface area contributed by atoms with Crippen LogP contribution in [0.3, 0.4) is 0 Å². The predicted molar refractivity (Wildman–Crippen MR) is 134 cm³/mol. The van der Waals surface area contributed by atoms with Gasteiger partial charge < -0.3 is 14.4 Å². The second-order valence-corrected chi connectivity index (χ2v) is 11.6. The van der Waals surface area contributed by atoms with Gasteiger partial charge in [0.1, 0.15) is 0 Å². The molecule has 6 nitrogen and oxygen atoms in total. The average molecular weight is 477 g/mol. The maximum Gasteiger partial charge on any atom is 0.219 e. The van der Waals surface area contributed by atoms with E-state index in [1.165, 1.54) is 70.6 Å². The summed E-state index contributed by atoms with van der Waals surface area (Å²) in [4.78, 5) is 12.0. The Morgan fingerprint density at radius 1 is 0.719 bits per heavy atom. The van der Waals surface area contributed by atoms with E-state index in [1.807, 2.05) is 0 Å². The van der Waals surface area contributed by atoms with Crippen LogP contribution >= 0.6 is 0 Å². The van der Waals surface area contributed by atoms with Gasteiger partial charge in [0.2, 0.25) is 5.91 Å². The summed E-state index contributed by atoms with van der Waals surface area (Å²) in [5, 5.41) is 3.02. The van der Waals surface area contributed by atoms with Crippen molar-refractivity contribution in [3.05, 3.63) is 0 Å². The van der Waals surface area contributed by atoms with Gasteiger partial charge in [-0.15, -0.1) is 0 Å². The molecule has 0 rings (SSSR count). The van der Waals surface area contributed by atoms with Crippen LogP contribution < -0.4 is 5.32 Å². The Kier molecular flexibility index (Phi) is 19.4. The van der Waals surface area contributed by atoms with Gasteiger partial charge in [-0.1, -0.05) is 84.0 Å². The Balaban J connectivity index is 3.45. The fourth-order valence-corrected chi connectivity index (χ4v) is 4.61. The standard InChI is InChI=1S/C25H52N2O4S/c1-4-5-6-7-8-9-10-11-12-13-14-15-16-20-25(28)26-21-19-23-27(2,3)22-17-18-24-32(29,30)31/h4-24H2,1-3H3,(H-,26,28,29,30,31). The molecule has 192 valence electrons. The third-order valence-electron chi connectivity index (χ3n) is 6.18. The minimum Gasteiger partial charge on any atom is -0.748 e. The van der Waals surface area contributed by atoms with E-state index in [9.17, 15) is 17.8 Å². The molecule has 0 bridgehead atoms. The van der Waals surface area contributed by atoms with E-state index in [0.29, 0.717) is 19.4 Å². The molecule has 0 atom stereocenters. The van der Waals surface area contributed by atoms with E-state index >= 15 is 0 Å². The van der Waals surface area contributed by atoms with E-state index in [4.69, 9.17) is 0 Å². The van der Waals surface area contributed by atoms with Crippen molar-refractivity contribution in [2.24, 2.45) is 0 Å². The van der Waals surface area contributed by atoms with E-state index in [0.717, 1.165) is 43.3 Å². The molecule has 0 aliphatic carbocycles. The third-order valence-corrected chi connectivity index (χ3v) is 6.97. The molecule has 0 heterocycles. The topological polar surface area (TPSA) is 86.3 Å². The Hall–Kier alpha value is -0.660. The van der Waals surface area contributed by atoms with Crippen molar-refractivity contribution in [3.63, 3.8) is 0 Å². The van der Waals surface area contributed by atoms with Gasteiger partial charge in [-0.05, 0) is 19.3 Å². The summed E-state index contributed by atoms with van der Waals surface area (Å²) in [6, 6.07) is 0. The fourth-order valence-electron chi connectivity index (χ4n) is 4.06. The summed E-state index contributed by atoms with van der Waals surface area (Å²) in [6.45, 7) is 4.71. The number of rotatable bonds is 23. The van der Waals surface area contributed by atoms with Crippen molar-refractivity contribution < 1.29 is 22.2 Å². The molecule has 0 spiro atoms. The molecule has 0 aromatic carbocycles. The molecule has 32 heavy (non-hydrogen) atoms. The molecule has 0 saturated carbocycles. The molecular formula is C25H52N2O4S. The quantitative estimate of drug-likeness (QED) is 0.122. The summed E-state index contributed by atoms with van der Waals surface area (Å²) < 4.78 is 32.7. The first-order valence-electron chi connectivity index (χ1n) is 13.2. The summed E-state index contributed by atoms with van der Waals surface area (Å²) in [6.07, 6.45) is 19.7. The number of carbonyl (C=O) groups is 1. The highest BCUT2D eigenvalue weighted by Crippen LogP contribution is 2.13. The van der Waals surface area contributed by atoms with Crippen molar-refractivity contribution in [1.29, 1.82) is 0 Å². The zero-order valence-electron chi connectivity index (χ0n) is 21.3. The molecule has 0 fully saturated rings. The number of hydrogen-bond acceptors (Lipinski definition) is 4. The largest absolute Gasteiger partial charge is 0.748 e. The lowest BCUT2D eigenvalue weighted by molar-refractivity contribution is -0.890. The molecule has 0 radical (unpaired) electrons. The Morgan fingerprint density at radius 2 is 1.19 bits per heavy atom. The Bertz CT molecular complexity index is 550. The molecule has 1 amide bonds. The van der Waals surface area contributed by atoms with Crippen LogP contribution in [0.2, 0.25) is 0 Å². The summed E-state index contributed by atoms with van der Waals surface area (Å²) in [5.41, 5.74) is 0. The normalized spacial score (nSPS) is 12.2. The zero-order valence-corrected chi connectivity index (χ0v) is 22.2. The van der Waals surface area contributed by atoms with Gasteiger partial charge in [0.15, 0.2) is 0 Å². The lowest BCUT2D eigenvalue weighted by Gasteiger charge is -2.30. The molecule has 0 saturated heterocycles. The molecule has 0 aromatic heterocycles. The number of nitrogens with one attached hydrogen (secondary N) is 1. The van der Waals surface area contributed by atoms with Gasteiger partial charge in [0.25, 0.3) is 0 Å². The first kappa shape index (κ1) is 31.3. The van der Waals surface area contributed by atoms with Crippen LogP contribution in [0, 0.1) is 0 Å². The number of quaternary nitrogens is 1. The molecular weight excluding hydrogens is 424 g/mol. The molecule has 0 unspecified atom stereocenters. The lowest BCUT2D eigenvalue weighted by Crippen LogP contribution is -2.42. The van der Waals surface area contributed by atoms with E-state index in [2.05, 4.69) is 26.3 Å². The third kappa shape index (κ3) is 24.0. The van der Waals surface area contributed by atoms with Gasteiger partial charge in [-0.25, -0.2) is 8.42 Å². The van der Waals surface area contributed by atoms with Gasteiger partial charge in [0, 0.05) is 25.1 Å². The Morgan fingerprint density at radius 3 is 1.69 bits per heavy atom. The molecule has 0 aliphatic heterocycles. The van der Waals surface area contributed by atoms with E-state index in [1.54, 1.807) is 0 Å². The highest BCUT2D eigenvalue weighted by Gasteiger charge is 2.14. The van der Waals surface area contributed by atoms with Crippen molar-refractivity contribution in [1.82, 2.24) is 5.32 Å². The first-order valence-corrected chi connectivity index (χ1v) is 14.8. The van der Waals surface area contributed by atoms with E-state index in [-0.39, 0.29) is 11.7 Å². The van der Waals surface area contributed by atoms with Crippen LogP contribution in [0.1, 0.15) is 116 Å². The lowest BCUT2D eigenvalue weighted by atomic mass is 10.0. The number of amides is 1. The molecule has 7 heteroatoms. The van der Waals surface area contributed by atoms with Crippen LogP contribution in [0.15, 0.2) is 0 Å². The number of hydrogen-bond donors (Lipinski definition) is 1. The first-order chi connectivity index (χ1) is 15.2. The summed E-state index contributed by atoms with van der Waals surface area (Å²) in [7, 11) is 0.0981. The molecule has 0 aromatic rings. The van der Waals surface area contributed by atoms with E-state index < -0.39 is 10.1 Å². The van der Waals surface area contributed by atoms with Gasteiger partial charge in [0.05, 0.1) is 37.3 Å². The van der Waals surface area contributed by atoms with Crippen molar-refractivity contribution >= 4 is 16.0 Å². The van der Waals surface area contributed by atoms with Gasteiger partial charge in [-0.3, -0.25) is 4.79 Å². The monoisotopic (exact) mass is 476 g/mol. The summed E-state index contributed by atoms with van der Waals surface area (Å²) >= 11 is 0. The minimum atomic E-state index is -4.10.